The van der Waals surface area contributed by atoms with Crippen molar-refractivity contribution in [3.8, 4) is 0 Å². The first-order chi connectivity index (χ1) is 8.71. The number of Topliss-reactive ketones (excluding diaryl/α,β-unsaturated/α-hetero) is 1. The van der Waals surface area contributed by atoms with Crippen LogP contribution in [0.4, 0.5) is 0 Å². The van der Waals surface area contributed by atoms with Crippen LogP contribution in [0.15, 0.2) is 12.3 Å². The van der Waals surface area contributed by atoms with E-state index in [1.54, 1.807) is 6.92 Å². The summed E-state index contributed by atoms with van der Waals surface area (Å²) in [7, 11) is -3.07. The average molecular weight is 284 g/mol. The summed E-state index contributed by atoms with van der Waals surface area (Å²) in [5.41, 5.74) is -0.0534. The Morgan fingerprint density at radius 2 is 2.11 bits per heavy atom. The van der Waals surface area contributed by atoms with Crippen molar-refractivity contribution in [2.24, 2.45) is 0 Å². The molecule has 0 aliphatic carbocycles. The number of H-pyrrole nitrogens is 1. The molecule has 0 unspecified atom stereocenters. The summed E-state index contributed by atoms with van der Waals surface area (Å²) in [5.74, 6) is -0.490. The van der Waals surface area contributed by atoms with Gasteiger partial charge >= 0.3 is 0 Å². The summed E-state index contributed by atoms with van der Waals surface area (Å²) in [5, 5.41) is 2.72. The number of carbonyl (C=O) groups is 2. The van der Waals surface area contributed by atoms with E-state index in [9.17, 15) is 18.0 Å². The smallest absolute Gasteiger partial charge is 0.268 e. The average Bonchev–Trinajstić information content (AvgIpc) is 2.83. The molecular formula is C12H16N2O4S. The third kappa shape index (κ3) is 3.04. The minimum Gasteiger partial charge on any atom is -0.356 e. The molecule has 1 atom stereocenters. The van der Waals surface area contributed by atoms with E-state index < -0.39 is 21.3 Å². The molecule has 19 heavy (non-hydrogen) atoms. The molecule has 0 saturated carbocycles. The van der Waals surface area contributed by atoms with Crippen molar-refractivity contribution < 1.29 is 18.0 Å². The van der Waals surface area contributed by atoms with E-state index in [1.807, 2.05) is 0 Å². The van der Waals surface area contributed by atoms with Crippen molar-refractivity contribution in [2.45, 2.75) is 25.8 Å². The van der Waals surface area contributed by atoms with Gasteiger partial charge in [0, 0.05) is 11.8 Å². The van der Waals surface area contributed by atoms with Crippen molar-refractivity contribution in [1.29, 1.82) is 0 Å². The zero-order chi connectivity index (χ0) is 14.3. The first kappa shape index (κ1) is 13.8. The number of aromatic amines is 1. The van der Waals surface area contributed by atoms with Crippen molar-refractivity contribution in [2.75, 3.05) is 11.5 Å². The molecular weight excluding hydrogens is 268 g/mol. The van der Waals surface area contributed by atoms with Crippen LogP contribution in [-0.4, -0.2) is 42.1 Å². The molecule has 0 bridgehead atoms. The van der Waals surface area contributed by atoms with Gasteiger partial charge in [0.25, 0.3) is 5.91 Å². The highest BCUT2D eigenvalue weighted by molar-refractivity contribution is 7.91. The van der Waals surface area contributed by atoms with Crippen molar-refractivity contribution >= 4 is 21.5 Å². The van der Waals surface area contributed by atoms with Crippen LogP contribution in [-0.2, 0) is 9.84 Å². The molecule has 1 amide bonds. The predicted molar refractivity (Wildman–Crippen MR) is 69.9 cm³/mol. The van der Waals surface area contributed by atoms with E-state index in [0.29, 0.717) is 12.0 Å². The quantitative estimate of drug-likeness (QED) is 0.791. The van der Waals surface area contributed by atoms with Gasteiger partial charge in [0.05, 0.1) is 17.0 Å². The Balaban J connectivity index is 2.11. The summed E-state index contributed by atoms with van der Waals surface area (Å²) in [4.78, 5) is 25.9. The topological polar surface area (TPSA) is 96.1 Å². The fourth-order valence-electron chi connectivity index (χ4n) is 2.18. The lowest BCUT2D eigenvalue weighted by Gasteiger charge is -2.23. The highest BCUT2D eigenvalue weighted by Crippen LogP contribution is 2.23. The van der Waals surface area contributed by atoms with E-state index >= 15 is 0 Å². The number of carbonyl (C=O) groups excluding carboxylic acids is 2. The highest BCUT2D eigenvalue weighted by Gasteiger charge is 2.39. The third-order valence-corrected chi connectivity index (χ3v) is 5.16. The van der Waals surface area contributed by atoms with Gasteiger partial charge < -0.3 is 10.3 Å². The predicted octanol–water partition coefficient (Wildman–Crippen LogP) is 0.524. The van der Waals surface area contributed by atoms with Gasteiger partial charge in [0.15, 0.2) is 15.6 Å². The Labute approximate surface area is 111 Å². The largest absolute Gasteiger partial charge is 0.356 e. The Bertz CT molecular complexity index is 632. The van der Waals surface area contributed by atoms with E-state index in [4.69, 9.17) is 0 Å². The number of nitrogens with one attached hydrogen (secondary N) is 2. The maximum Gasteiger partial charge on any atom is 0.268 e. The maximum absolute atomic E-state index is 12.0. The standard InChI is InChI=1S/C12H16N2O4S/c1-8(15)9-5-10(13-6-9)11(16)14-12(2)3-4-19(17,18)7-12/h5-6,13H,3-4,7H2,1-2H3,(H,14,16)/t12-/m1/s1. The second-order valence-corrected chi connectivity index (χ2v) is 7.40. The normalized spacial score (nSPS) is 25.2. The van der Waals surface area contributed by atoms with Crippen LogP contribution < -0.4 is 5.32 Å². The minimum atomic E-state index is -3.07. The molecule has 104 valence electrons. The molecule has 1 aromatic heterocycles. The number of aromatic nitrogens is 1. The van der Waals surface area contributed by atoms with Crippen molar-refractivity contribution in [3.63, 3.8) is 0 Å². The Morgan fingerprint density at radius 1 is 1.42 bits per heavy atom. The second kappa shape index (κ2) is 4.48. The molecule has 0 spiro atoms. The van der Waals surface area contributed by atoms with Gasteiger partial charge in [-0.25, -0.2) is 8.42 Å². The molecule has 7 heteroatoms. The number of amides is 1. The number of sulfone groups is 1. The fourth-order valence-corrected chi connectivity index (χ4v) is 4.27. The van der Waals surface area contributed by atoms with Gasteiger partial charge in [-0.15, -0.1) is 0 Å². The molecule has 1 saturated heterocycles. The van der Waals surface area contributed by atoms with E-state index in [-0.39, 0.29) is 23.0 Å². The molecule has 0 radical (unpaired) electrons. The van der Waals surface area contributed by atoms with Gasteiger partial charge in [-0.2, -0.15) is 0 Å². The molecule has 0 aromatic carbocycles. The third-order valence-electron chi connectivity index (χ3n) is 3.25. The Hall–Kier alpha value is -1.63. The van der Waals surface area contributed by atoms with E-state index in [1.165, 1.54) is 19.2 Å². The summed E-state index contributed by atoms with van der Waals surface area (Å²) in [6, 6.07) is 1.46. The van der Waals surface area contributed by atoms with Crippen LogP contribution >= 0.6 is 0 Å². The molecule has 2 rings (SSSR count). The molecule has 6 nitrogen and oxygen atoms in total. The minimum absolute atomic E-state index is 0.0496. The Morgan fingerprint density at radius 3 is 2.58 bits per heavy atom. The first-order valence-electron chi connectivity index (χ1n) is 5.93. The zero-order valence-electron chi connectivity index (χ0n) is 10.8. The SMILES string of the molecule is CC(=O)c1c[nH]c(C(=O)N[C@]2(C)CCS(=O)(=O)C2)c1. The lowest BCUT2D eigenvalue weighted by atomic mass is 10.0. The monoisotopic (exact) mass is 284 g/mol. The lowest BCUT2D eigenvalue weighted by molar-refractivity contribution is 0.0910. The Kier molecular flexibility index (Phi) is 3.25. The first-order valence-corrected chi connectivity index (χ1v) is 7.75. The van der Waals surface area contributed by atoms with Gasteiger partial charge in [-0.1, -0.05) is 0 Å². The maximum atomic E-state index is 12.0. The number of hydrogen-bond acceptors (Lipinski definition) is 4. The van der Waals surface area contributed by atoms with Gasteiger partial charge in [-0.3, -0.25) is 9.59 Å². The zero-order valence-corrected chi connectivity index (χ0v) is 11.6. The van der Waals surface area contributed by atoms with Gasteiger partial charge in [-0.05, 0) is 26.3 Å². The molecule has 1 aliphatic rings. The summed E-state index contributed by atoms with van der Waals surface area (Å²) >= 11 is 0. The molecule has 2 heterocycles. The van der Waals surface area contributed by atoms with Crippen LogP contribution in [0.3, 0.4) is 0 Å². The second-order valence-electron chi connectivity index (χ2n) is 5.22. The van der Waals surface area contributed by atoms with Gasteiger partial charge in [0.1, 0.15) is 5.69 Å². The van der Waals surface area contributed by atoms with E-state index in [0.717, 1.165) is 0 Å². The molecule has 1 fully saturated rings. The summed E-state index contributed by atoms with van der Waals surface area (Å²) in [6.45, 7) is 3.12. The van der Waals surface area contributed by atoms with Crippen molar-refractivity contribution in [3.05, 3.63) is 23.5 Å². The fraction of sp³-hybridized carbons (Fsp3) is 0.500. The number of rotatable bonds is 3. The van der Waals surface area contributed by atoms with Gasteiger partial charge in [0.2, 0.25) is 0 Å². The summed E-state index contributed by atoms with van der Waals surface area (Å²) < 4.78 is 22.9. The number of ketones is 1. The molecule has 2 N–H and O–H groups in total. The summed E-state index contributed by atoms with van der Waals surface area (Å²) in [6.07, 6.45) is 1.87. The van der Waals surface area contributed by atoms with Crippen LogP contribution in [0, 0.1) is 0 Å². The molecule has 1 aliphatic heterocycles. The van der Waals surface area contributed by atoms with Crippen molar-refractivity contribution in [1.82, 2.24) is 10.3 Å². The van der Waals surface area contributed by atoms with Crippen LogP contribution in [0.25, 0.3) is 0 Å². The van der Waals surface area contributed by atoms with E-state index in [2.05, 4.69) is 10.3 Å². The number of hydrogen-bond donors (Lipinski definition) is 2. The van der Waals surface area contributed by atoms with Crippen LogP contribution in [0.2, 0.25) is 0 Å². The highest BCUT2D eigenvalue weighted by atomic mass is 32.2. The van der Waals surface area contributed by atoms with Crippen LogP contribution in [0.5, 0.6) is 0 Å². The lowest BCUT2D eigenvalue weighted by Crippen LogP contribution is -2.47. The van der Waals surface area contributed by atoms with Crippen LogP contribution in [0.1, 0.15) is 41.1 Å². The molecule has 1 aromatic rings.